The molecule has 0 atom stereocenters. The molecule has 0 spiro atoms. The number of carbonyl (C=O) groups is 1. The van der Waals surface area contributed by atoms with Gasteiger partial charge in [0.1, 0.15) is 5.60 Å². The molecule has 0 aromatic rings. The third kappa shape index (κ3) is 9.28. The summed E-state index contributed by atoms with van der Waals surface area (Å²) in [7, 11) is 0. The van der Waals surface area contributed by atoms with E-state index >= 15 is 0 Å². The van der Waals surface area contributed by atoms with Gasteiger partial charge in [0.2, 0.25) is 0 Å². The molecule has 18 heavy (non-hydrogen) atoms. The molecule has 0 aliphatic carbocycles. The molecule has 1 heterocycles. The minimum atomic E-state index is -0.437. The van der Waals surface area contributed by atoms with Crippen LogP contribution in [0.2, 0.25) is 0 Å². The van der Waals surface area contributed by atoms with E-state index in [1.54, 1.807) is 4.90 Å². The summed E-state index contributed by atoms with van der Waals surface area (Å²) in [6.07, 6.45) is 0.775. The van der Waals surface area contributed by atoms with E-state index in [0.717, 1.165) is 0 Å². The summed E-state index contributed by atoms with van der Waals surface area (Å²) in [5.41, 5.74) is -0.437. The Bertz CT molecular complexity index is 204. The summed E-state index contributed by atoms with van der Waals surface area (Å²) in [6, 6.07) is 0. The van der Waals surface area contributed by atoms with Crippen molar-refractivity contribution in [3.63, 3.8) is 0 Å². The fraction of sp³-hybridized carbons (Fsp3) is 0.929. The Kier molecular flexibility index (Phi) is 11.1. The number of hydrogen-bond acceptors (Lipinski definition) is 3. The smallest absolute Gasteiger partial charge is 0.410 e. The van der Waals surface area contributed by atoms with E-state index in [2.05, 4.69) is 0 Å². The molecule has 0 bridgehead atoms. The quantitative estimate of drug-likeness (QED) is 0.726. The molecule has 0 aromatic heterocycles. The SMILES string of the molecule is CC.CC.CC(C)(C)OC(=O)N1CCC(O)CC1. The predicted octanol–water partition coefficient (Wildman–Crippen LogP) is 3.43. The Morgan fingerprint density at radius 1 is 1.11 bits per heavy atom. The van der Waals surface area contributed by atoms with Crippen LogP contribution in [0, 0.1) is 0 Å². The maximum atomic E-state index is 11.5. The molecule has 110 valence electrons. The topological polar surface area (TPSA) is 49.8 Å². The van der Waals surface area contributed by atoms with Gasteiger partial charge in [0, 0.05) is 13.1 Å². The summed E-state index contributed by atoms with van der Waals surface area (Å²) in [5.74, 6) is 0. The van der Waals surface area contributed by atoms with Crippen LogP contribution in [0.4, 0.5) is 4.79 Å². The largest absolute Gasteiger partial charge is 0.444 e. The Morgan fingerprint density at radius 2 is 1.50 bits per heavy atom. The van der Waals surface area contributed by atoms with Crippen LogP contribution >= 0.6 is 0 Å². The number of hydrogen-bond donors (Lipinski definition) is 1. The summed E-state index contributed by atoms with van der Waals surface area (Å²) < 4.78 is 5.22. The zero-order chi connectivity index (χ0) is 14.8. The second-order valence-corrected chi connectivity index (χ2v) is 4.70. The molecule has 0 radical (unpaired) electrons. The molecule has 1 rings (SSSR count). The highest BCUT2D eigenvalue weighted by atomic mass is 16.6. The highest BCUT2D eigenvalue weighted by Crippen LogP contribution is 2.14. The average molecular weight is 261 g/mol. The number of aliphatic hydroxyl groups is 1. The maximum Gasteiger partial charge on any atom is 0.410 e. The van der Waals surface area contributed by atoms with E-state index in [9.17, 15) is 9.90 Å². The molecule has 4 nitrogen and oxygen atoms in total. The summed E-state index contributed by atoms with van der Waals surface area (Å²) >= 11 is 0. The van der Waals surface area contributed by atoms with Crippen LogP contribution < -0.4 is 0 Å². The van der Waals surface area contributed by atoms with Gasteiger partial charge in [-0.25, -0.2) is 4.79 Å². The molecule has 1 amide bonds. The van der Waals surface area contributed by atoms with Gasteiger partial charge in [0.15, 0.2) is 0 Å². The molecule has 1 aliphatic heterocycles. The van der Waals surface area contributed by atoms with E-state index in [1.165, 1.54) is 0 Å². The van der Waals surface area contributed by atoms with Crippen molar-refractivity contribution in [2.75, 3.05) is 13.1 Å². The number of carbonyl (C=O) groups excluding carboxylic acids is 1. The molecule has 0 saturated carbocycles. The average Bonchev–Trinajstić information content (AvgIpc) is 2.33. The number of nitrogens with zero attached hydrogens (tertiary/aromatic N) is 1. The van der Waals surface area contributed by atoms with Gasteiger partial charge in [0.25, 0.3) is 0 Å². The van der Waals surface area contributed by atoms with Crippen molar-refractivity contribution in [2.24, 2.45) is 0 Å². The standard InChI is InChI=1S/C10H19NO3.2C2H6/c1-10(2,3)14-9(13)11-6-4-8(12)5-7-11;2*1-2/h8,12H,4-7H2,1-3H3;2*1-2H3. The maximum absolute atomic E-state index is 11.5. The first-order valence-corrected chi connectivity index (χ1v) is 7.04. The van der Waals surface area contributed by atoms with E-state index in [0.29, 0.717) is 25.9 Å². The number of piperidine rings is 1. The van der Waals surface area contributed by atoms with Crippen molar-refractivity contribution in [3.05, 3.63) is 0 Å². The lowest BCUT2D eigenvalue weighted by Gasteiger charge is -2.31. The van der Waals surface area contributed by atoms with Gasteiger partial charge in [-0.3, -0.25) is 0 Å². The van der Waals surface area contributed by atoms with Crippen molar-refractivity contribution in [3.8, 4) is 0 Å². The van der Waals surface area contributed by atoms with Gasteiger partial charge < -0.3 is 14.7 Å². The van der Waals surface area contributed by atoms with Crippen molar-refractivity contribution in [1.82, 2.24) is 4.90 Å². The number of rotatable bonds is 0. The highest BCUT2D eigenvalue weighted by Gasteiger charge is 2.25. The Hall–Kier alpha value is -0.770. The van der Waals surface area contributed by atoms with Crippen LogP contribution in [-0.2, 0) is 4.74 Å². The summed E-state index contributed by atoms with van der Waals surface area (Å²) in [6.45, 7) is 14.7. The van der Waals surface area contributed by atoms with Crippen molar-refractivity contribution < 1.29 is 14.6 Å². The molecular formula is C14H31NO3. The molecule has 1 fully saturated rings. The Labute approximate surface area is 112 Å². The Morgan fingerprint density at radius 3 is 1.83 bits per heavy atom. The lowest BCUT2D eigenvalue weighted by molar-refractivity contribution is 0.0101. The molecule has 4 heteroatoms. The second kappa shape index (κ2) is 10.2. The second-order valence-electron chi connectivity index (χ2n) is 4.70. The highest BCUT2D eigenvalue weighted by molar-refractivity contribution is 5.68. The first kappa shape index (κ1) is 19.6. The van der Waals surface area contributed by atoms with Crippen LogP contribution in [0.25, 0.3) is 0 Å². The van der Waals surface area contributed by atoms with Gasteiger partial charge in [-0.15, -0.1) is 0 Å². The third-order valence-corrected chi connectivity index (χ3v) is 2.12. The fourth-order valence-electron chi connectivity index (χ4n) is 1.37. The van der Waals surface area contributed by atoms with Crippen molar-refractivity contribution >= 4 is 6.09 Å². The Balaban J connectivity index is 0. The number of ether oxygens (including phenoxy) is 1. The minimum Gasteiger partial charge on any atom is -0.444 e. The van der Waals surface area contributed by atoms with E-state index in [-0.39, 0.29) is 12.2 Å². The van der Waals surface area contributed by atoms with Crippen molar-refractivity contribution in [2.45, 2.75) is 73.0 Å². The first-order chi connectivity index (χ1) is 8.38. The van der Waals surface area contributed by atoms with Crippen LogP contribution in [-0.4, -0.2) is 40.9 Å². The minimum absolute atomic E-state index is 0.256. The third-order valence-electron chi connectivity index (χ3n) is 2.12. The zero-order valence-electron chi connectivity index (χ0n) is 13.1. The molecule has 0 aromatic carbocycles. The molecule has 1 saturated heterocycles. The number of aliphatic hydroxyl groups excluding tert-OH is 1. The molecule has 1 N–H and O–H groups in total. The number of likely N-dealkylation sites (tertiary alicyclic amines) is 1. The van der Waals surface area contributed by atoms with Crippen LogP contribution in [0.1, 0.15) is 61.3 Å². The molecule has 0 unspecified atom stereocenters. The van der Waals surface area contributed by atoms with E-state index < -0.39 is 5.60 Å². The van der Waals surface area contributed by atoms with Crippen LogP contribution in [0.3, 0.4) is 0 Å². The zero-order valence-corrected chi connectivity index (χ0v) is 13.1. The van der Waals surface area contributed by atoms with Gasteiger partial charge in [-0.1, -0.05) is 27.7 Å². The van der Waals surface area contributed by atoms with Gasteiger partial charge in [-0.2, -0.15) is 0 Å². The van der Waals surface area contributed by atoms with E-state index in [4.69, 9.17) is 4.74 Å². The van der Waals surface area contributed by atoms with Gasteiger partial charge >= 0.3 is 6.09 Å². The normalized spacial score (nSPS) is 15.9. The lowest BCUT2D eigenvalue weighted by Crippen LogP contribution is -2.42. The fourth-order valence-corrected chi connectivity index (χ4v) is 1.37. The lowest BCUT2D eigenvalue weighted by atomic mass is 10.1. The molecular weight excluding hydrogens is 230 g/mol. The van der Waals surface area contributed by atoms with Gasteiger partial charge in [-0.05, 0) is 33.6 Å². The van der Waals surface area contributed by atoms with Crippen molar-refractivity contribution in [1.29, 1.82) is 0 Å². The summed E-state index contributed by atoms with van der Waals surface area (Å²) in [5, 5.41) is 9.26. The predicted molar refractivity (Wildman–Crippen MR) is 75.7 cm³/mol. The summed E-state index contributed by atoms with van der Waals surface area (Å²) in [4.78, 5) is 13.2. The van der Waals surface area contributed by atoms with Crippen LogP contribution in [0.5, 0.6) is 0 Å². The van der Waals surface area contributed by atoms with Gasteiger partial charge in [0.05, 0.1) is 6.10 Å². The van der Waals surface area contributed by atoms with Crippen LogP contribution in [0.15, 0.2) is 0 Å². The molecule has 1 aliphatic rings. The number of amides is 1. The first-order valence-electron chi connectivity index (χ1n) is 7.04. The van der Waals surface area contributed by atoms with E-state index in [1.807, 2.05) is 48.5 Å². The monoisotopic (exact) mass is 261 g/mol.